The van der Waals surface area contributed by atoms with Gasteiger partial charge in [-0.05, 0) is 157 Å². The van der Waals surface area contributed by atoms with Crippen molar-refractivity contribution in [1.82, 2.24) is 0 Å². The molecule has 0 atom stereocenters. The van der Waals surface area contributed by atoms with Crippen molar-refractivity contribution in [2.24, 2.45) is 23.7 Å². The first kappa shape index (κ1) is 47.3. The van der Waals surface area contributed by atoms with Crippen LogP contribution in [-0.4, -0.2) is 23.9 Å². The molecule has 2 saturated carbocycles. The number of ether oxygens (including phenoxy) is 4. The van der Waals surface area contributed by atoms with E-state index in [9.17, 15) is 19.2 Å². The molecule has 64 heavy (non-hydrogen) atoms. The largest absolute Gasteiger partial charge is 0.458 e. The zero-order chi connectivity index (χ0) is 45.3. The van der Waals surface area contributed by atoms with Gasteiger partial charge in [0.05, 0.1) is 11.8 Å². The van der Waals surface area contributed by atoms with Crippen LogP contribution in [-0.2, 0) is 41.9 Å². The van der Waals surface area contributed by atoms with Crippen molar-refractivity contribution in [2.75, 3.05) is 11.5 Å². The molecule has 6 rings (SSSR count). The van der Waals surface area contributed by atoms with Gasteiger partial charge in [0, 0.05) is 23.5 Å². The van der Waals surface area contributed by atoms with Crippen molar-refractivity contribution >= 4 is 47.4 Å². The van der Waals surface area contributed by atoms with Gasteiger partial charge < -0.3 is 30.4 Å². The third kappa shape index (κ3) is 14.4. The molecule has 338 valence electrons. The molecule has 0 heterocycles. The maximum atomic E-state index is 12.9. The zero-order valence-electron chi connectivity index (χ0n) is 37.4. The standard InChI is InChI=1S/C54H64N2O8/c1-3-5-7-37-9-19-41(20-10-37)53(59)63-47-25-13-39(14-26-47)17-31-51(57)61-35-43-33-45(55)23-29-49(43)50-30-24-46(56)34-44(50)36-62-52(58)32-18-40-15-27-48(28-16-40)64-54(60)42-21-11-38(12-22-42)8-6-4-2/h13-18,23-34,37-38,41-42H,3-12,19-22,35-36,55-56H2,1-2H3. The van der Waals surface area contributed by atoms with E-state index in [0.29, 0.717) is 34.0 Å². The van der Waals surface area contributed by atoms with Crippen molar-refractivity contribution < 1.29 is 38.1 Å². The first-order chi connectivity index (χ1) is 31.1. The Bertz CT molecular complexity index is 2070. The number of hydrogen-bond donors (Lipinski definition) is 2. The summed E-state index contributed by atoms with van der Waals surface area (Å²) in [5, 5.41) is 0. The van der Waals surface area contributed by atoms with Crippen LogP contribution in [0.2, 0.25) is 0 Å². The summed E-state index contributed by atoms with van der Waals surface area (Å²) in [4.78, 5) is 51.4. The second kappa shape index (κ2) is 24.1. The maximum Gasteiger partial charge on any atom is 0.331 e. The molecular weight excluding hydrogens is 805 g/mol. The van der Waals surface area contributed by atoms with Gasteiger partial charge in [0.1, 0.15) is 24.7 Å². The van der Waals surface area contributed by atoms with Crippen molar-refractivity contribution in [1.29, 1.82) is 0 Å². The summed E-state index contributed by atoms with van der Waals surface area (Å²) in [7, 11) is 0. The second-order valence-electron chi connectivity index (χ2n) is 17.4. The minimum atomic E-state index is -0.553. The van der Waals surface area contributed by atoms with E-state index < -0.39 is 11.9 Å². The molecule has 2 fully saturated rings. The van der Waals surface area contributed by atoms with Crippen molar-refractivity contribution in [2.45, 2.75) is 117 Å². The number of rotatable bonds is 19. The lowest BCUT2D eigenvalue weighted by Crippen LogP contribution is -2.25. The van der Waals surface area contributed by atoms with Gasteiger partial charge in [0.15, 0.2) is 0 Å². The van der Waals surface area contributed by atoms with Gasteiger partial charge >= 0.3 is 23.9 Å². The molecule has 10 nitrogen and oxygen atoms in total. The van der Waals surface area contributed by atoms with Gasteiger partial charge in [-0.1, -0.05) is 88.8 Å². The Morgan fingerprint density at radius 1 is 0.531 bits per heavy atom. The van der Waals surface area contributed by atoms with E-state index in [2.05, 4.69) is 13.8 Å². The van der Waals surface area contributed by atoms with Crippen LogP contribution in [0.3, 0.4) is 0 Å². The van der Waals surface area contributed by atoms with Gasteiger partial charge in [-0.2, -0.15) is 0 Å². The van der Waals surface area contributed by atoms with Gasteiger partial charge in [-0.15, -0.1) is 0 Å². The van der Waals surface area contributed by atoms with Gasteiger partial charge in [0.25, 0.3) is 0 Å². The third-order valence-electron chi connectivity index (χ3n) is 12.6. The lowest BCUT2D eigenvalue weighted by Gasteiger charge is -2.27. The number of hydrogen-bond acceptors (Lipinski definition) is 10. The number of carbonyl (C=O) groups is 4. The first-order valence-corrected chi connectivity index (χ1v) is 23.2. The van der Waals surface area contributed by atoms with E-state index in [1.54, 1.807) is 84.9 Å². The zero-order valence-corrected chi connectivity index (χ0v) is 37.4. The molecule has 4 N–H and O–H groups in total. The Hall–Kier alpha value is -6.16. The second-order valence-corrected chi connectivity index (χ2v) is 17.4. The summed E-state index contributed by atoms with van der Waals surface area (Å²) in [5.41, 5.74) is 17.6. The van der Waals surface area contributed by atoms with Gasteiger partial charge in [-0.25, -0.2) is 9.59 Å². The summed E-state index contributed by atoms with van der Waals surface area (Å²) in [5.74, 6) is 0.825. The predicted octanol–water partition coefficient (Wildman–Crippen LogP) is 11.8. The molecule has 2 aliphatic rings. The minimum Gasteiger partial charge on any atom is -0.458 e. The van der Waals surface area contributed by atoms with E-state index in [0.717, 1.165) is 85.5 Å². The SMILES string of the molecule is CCCCC1CCC(C(=O)Oc2ccc(C=CC(=O)OCc3cc(N)ccc3-c3ccc(N)cc3COC(=O)C=Cc3ccc(OC(=O)C4CCC(CCCC)CC4)cc3)cc2)CC1. The first-order valence-electron chi connectivity index (χ1n) is 23.2. The summed E-state index contributed by atoms with van der Waals surface area (Å²) in [6, 6.07) is 24.7. The number of unbranched alkanes of at least 4 members (excludes halogenated alkanes) is 2. The molecule has 4 aromatic carbocycles. The quantitative estimate of drug-likeness (QED) is 0.0402. The van der Waals surface area contributed by atoms with E-state index in [4.69, 9.17) is 30.4 Å². The number of anilines is 2. The maximum absolute atomic E-state index is 12.9. The average Bonchev–Trinajstić information content (AvgIpc) is 3.31. The van der Waals surface area contributed by atoms with Crippen LogP contribution < -0.4 is 20.9 Å². The Kier molecular flexibility index (Phi) is 17.8. The molecule has 0 unspecified atom stereocenters. The van der Waals surface area contributed by atoms with Gasteiger partial charge in [-0.3, -0.25) is 9.59 Å². The van der Waals surface area contributed by atoms with Crippen LogP contribution in [0.25, 0.3) is 23.3 Å². The topological polar surface area (TPSA) is 157 Å². The van der Waals surface area contributed by atoms with E-state index in [1.165, 1.54) is 50.7 Å². The molecule has 2 aliphatic carbocycles. The summed E-state index contributed by atoms with van der Waals surface area (Å²) >= 11 is 0. The number of nitrogen functional groups attached to an aromatic ring is 2. The van der Waals surface area contributed by atoms with Crippen molar-refractivity contribution in [3.8, 4) is 22.6 Å². The average molecular weight is 869 g/mol. The van der Waals surface area contributed by atoms with E-state index in [-0.39, 0.29) is 37.0 Å². The number of benzene rings is 4. The Morgan fingerprint density at radius 3 is 1.27 bits per heavy atom. The highest BCUT2D eigenvalue weighted by atomic mass is 16.5. The number of nitrogens with two attached hydrogens (primary N) is 2. The molecule has 0 aliphatic heterocycles. The summed E-state index contributed by atoms with van der Waals surface area (Å²) in [6.07, 6.45) is 21.2. The fourth-order valence-electron chi connectivity index (χ4n) is 8.77. The van der Waals surface area contributed by atoms with Crippen LogP contribution in [0.1, 0.15) is 126 Å². The molecule has 0 radical (unpaired) electrons. The molecule has 0 bridgehead atoms. The molecule has 0 amide bonds. The van der Waals surface area contributed by atoms with Crippen LogP contribution in [0, 0.1) is 23.7 Å². The predicted molar refractivity (Wildman–Crippen MR) is 252 cm³/mol. The van der Waals surface area contributed by atoms with Crippen LogP contribution >= 0.6 is 0 Å². The smallest absolute Gasteiger partial charge is 0.331 e. The molecule has 0 spiro atoms. The molecule has 0 saturated heterocycles. The third-order valence-corrected chi connectivity index (χ3v) is 12.6. The molecule has 0 aromatic heterocycles. The van der Waals surface area contributed by atoms with Crippen LogP contribution in [0.5, 0.6) is 11.5 Å². The highest BCUT2D eigenvalue weighted by molar-refractivity contribution is 5.88. The molecular formula is C54H64N2O8. The monoisotopic (exact) mass is 868 g/mol. The Balaban J connectivity index is 0.982. The fourth-order valence-corrected chi connectivity index (χ4v) is 8.77. The highest BCUT2D eigenvalue weighted by Gasteiger charge is 2.29. The lowest BCUT2D eigenvalue weighted by molar-refractivity contribution is -0.141. The van der Waals surface area contributed by atoms with Crippen LogP contribution in [0.15, 0.2) is 97.1 Å². The molecule has 10 heteroatoms. The number of esters is 4. The highest BCUT2D eigenvalue weighted by Crippen LogP contribution is 2.35. The Labute approximate surface area is 378 Å². The fraction of sp³-hybridized carbons (Fsp3) is 0.407. The lowest BCUT2D eigenvalue weighted by atomic mass is 9.80. The summed E-state index contributed by atoms with van der Waals surface area (Å²) < 4.78 is 22.7. The van der Waals surface area contributed by atoms with Crippen LogP contribution in [0.4, 0.5) is 11.4 Å². The number of carbonyl (C=O) groups excluding carboxylic acids is 4. The molecule has 4 aromatic rings. The van der Waals surface area contributed by atoms with Crippen molar-refractivity contribution in [3.63, 3.8) is 0 Å². The normalized spacial score (nSPS) is 18.7. The Morgan fingerprint density at radius 2 is 0.906 bits per heavy atom. The van der Waals surface area contributed by atoms with Crippen molar-refractivity contribution in [3.05, 3.63) is 119 Å². The minimum absolute atomic E-state index is 0.0589. The van der Waals surface area contributed by atoms with E-state index in [1.807, 2.05) is 12.1 Å². The summed E-state index contributed by atoms with van der Waals surface area (Å²) in [6.45, 7) is 4.29. The van der Waals surface area contributed by atoms with Gasteiger partial charge in [0.2, 0.25) is 0 Å². The van der Waals surface area contributed by atoms with E-state index >= 15 is 0 Å².